The Bertz CT molecular complexity index is 432. The highest BCUT2D eigenvalue weighted by molar-refractivity contribution is 6.39. The van der Waals surface area contributed by atoms with E-state index in [1.54, 1.807) is 0 Å². The number of hydrogen-bond acceptors (Lipinski definition) is 2. The third kappa shape index (κ3) is 2.93. The molecular formula is C14H20Cl2N2. The molecule has 1 aromatic rings. The number of nitrogens with one attached hydrogen (secondary N) is 1. The van der Waals surface area contributed by atoms with Crippen LogP contribution in [0.2, 0.25) is 10.0 Å². The van der Waals surface area contributed by atoms with Crippen molar-refractivity contribution in [2.75, 3.05) is 18.0 Å². The second kappa shape index (κ2) is 5.68. The van der Waals surface area contributed by atoms with E-state index >= 15 is 0 Å². The molecule has 1 atom stereocenters. The van der Waals surface area contributed by atoms with Crippen molar-refractivity contribution in [3.8, 4) is 0 Å². The summed E-state index contributed by atoms with van der Waals surface area (Å²) in [6.07, 6.45) is 1.14. The Kier molecular flexibility index (Phi) is 4.41. The SMILES string of the molecule is Cc1ccc(Cl)c(N2CCC(NC(C)C)C2)c1Cl. The normalized spacial score (nSPS) is 19.9. The molecule has 0 aliphatic carbocycles. The van der Waals surface area contributed by atoms with Crippen LogP contribution in [0.25, 0.3) is 0 Å². The number of aryl methyl sites for hydroxylation is 1. The molecule has 0 radical (unpaired) electrons. The average molecular weight is 287 g/mol. The van der Waals surface area contributed by atoms with Crippen LogP contribution in [0.5, 0.6) is 0 Å². The lowest BCUT2D eigenvalue weighted by atomic mass is 10.2. The number of hydrogen-bond donors (Lipinski definition) is 1. The predicted octanol–water partition coefficient (Wildman–Crippen LogP) is 3.88. The summed E-state index contributed by atoms with van der Waals surface area (Å²) in [4.78, 5) is 2.29. The van der Waals surface area contributed by atoms with Gasteiger partial charge in [0, 0.05) is 25.2 Å². The molecule has 0 saturated carbocycles. The third-order valence-electron chi connectivity index (χ3n) is 3.33. The summed E-state index contributed by atoms with van der Waals surface area (Å²) in [5.74, 6) is 0. The van der Waals surface area contributed by atoms with Gasteiger partial charge in [0.15, 0.2) is 0 Å². The topological polar surface area (TPSA) is 15.3 Å². The third-order valence-corrected chi connectivity index (χ3v) is 4.12. The van der Waals surface area contributed by atoms with Gasteiger partial charge >= 0.3 is 0 Å². The summed E-state index contributed by atoms with van der Waals surface area (Å²) >= 11 is 12.7. The first-order valence-electron chi connectivity index (χ1n) is 6.44. The zero-order valence-electron chi connectivity index (χ0n) is 11.1. The number of nitrogens with zero attached hydrogens (tertiary/aromatic N) is 1. The average Bonchev–Trinajstić information content (AvgIpc) is 2.71. The van der Waals surface area contributed by atoms with Gasteiger partial charge in [0.2, 0.25) is 0 Å². The second-order valence-corrected chi connectivity index (χ2v) is 6.07. The summed E-state index contributed by atoms with van der Waals surface area (Å²) in [5.41, 5.74) is 2.07. The van der Waals surface area contributed by atoms with E-state index in [1.165, 1.54) is 0 Å². The van der Waals surface area contributed by atoms with Gasteiger partial charge in [-0.3, -0.25) is 0 Å². The van der Waals surface area contributed by atoms with Crippen LogP contribution in [0.4, 0.5) is 5.69 Å². The van der Waals surface area contributed by atoms with Crippen molar-refractivity contribution in [1.82, 2.24) is 5.32 Å². The first-order valence-corrected chi connectivity index (χ1v) is 7.20. The summed E-state index contributed by atoms with van der Waals surface area (Å²) in [7, 11) is 0. The molecule has 0 aromatic heterocycles. The highest BCUT2D eigenvalue weighted by Crippen LogP contribution is 2.37. The smallest absolute Gasteiger partial charge is 0.0748 e. The fraction of sp³-hybridized carbons (Fsp3) is 0.571. The van der Waals surface area contributed by atoms with E-state index in [9.17, 15) is 0 Å². The van der Waals surface area contributed by atoms with Gasteiger partial charge in [0.25, 0.3) is 0 Å². The minimum atomic E-state index is 0.512. The van der Waals surface area contributed by atoms with Gasteiger partial charge < -0.3 is 10.2 Å². The number of rotatable bonds is 3. The van der Waals surface area contributed by atoms with Crippen molar-refractivity contribution >= 4 is 28.9 Å². The molecule has 1 aromatic carbocycles. The quantitative estimate of drug-likeness (QED) is 0.907. The van der Waals surface area contributed by atoms with Crippen LogP contribution in [0.1, 0.15) is 25.8 Å². The maximum Gasteiger partial charge on any atom is 0.0748 e. The molecule has 1 fully saturated rings. The van der Waals surface area contributed by atoms with Crippen molar-refractivity contribution in [2.24, 2.45) is 0 Å². The number of anilines is 1. The van der Waals surface area contributed by atoms with Crippen LogP contribution in [0.3, 0.4) is 0 Å². The van der Waals surface area contributed by atoms with Crippen LogP contribution in [-0.2, 0) is 0 Å². The fourth-order valence-electron chi connectivity index (χ4n) is 2.50. The molecule has 2 nitrogen and oxygen atoms in total. The van der Waals surface area contributed by atoms with Crippen LogP contribution < -0.4 is 10.2 Å². The summed E-state index contributed by atoms with van der Waals surface area (Å²) in [6, 6.07) is 4.94. The molecule has 0 amide bonds. The van der Waals surface area contributed by atoms with Gasteiger partial charge in [-0.2, -0.15) is 0 Å². The Morgan fingerprint density at radius 2 is 2.06 bits per heavy atom. The lowest BCUT2D eigenvalue weighted by Gasteiger charge is -2.23. The molecule has 100 valence electrons. The monoisotopic (exact) mass is 286 g/mol. The fourth-order valence-corrected chi connectivity index (χ4v) is 3.11. The Morgan fingerprint density at radius 3 is 2.72 bits per heavy atom. The van der Waals surface area contributed by atoms with Gasteiger partial charge in [0.05, 0.1) is 15.7 Å². The van der Waals surface area contributed by atoms with Gasteiger partial charge in [0.1, 0.15) is 0 Å². The maximum absolute atomic E-state index is 6.39. The first kappa shape index (κ1) is 14.0. The summed E-state index contributed by atoms with van der Waals surface area (Å²) in [5, 5.41) is 5.10. The van der Waals surface area contributed by atoms with Crippen LogP contribution in [0.15, 0.2) is 12.1 Å². The summed E-state index contributed by atoms with van der Waals surface area (Å²) in [6.45, 7) is 8.35. The molecule has 0 bridgehead atoms. The highest BCUT2D eigenvalue weighted by Gasteiger charge is 2.26. The van der Waals surface area contributed by atoms with E-state index in [0.717, 1.165) is 40.8 Å². The van der Waals surface area contributed by atoms with E-state index in [-0.39, 0.29) is 0 Å². The van der Waals surface area contributed by atoms with Crippen LogP contribution in [0, 0.1) is 6.92 Å². The van der Waals surface area contributed by atoms with Gasteiger partial charge in [-0.15, -0.1) is 0 Å². The van der Waals surface area contributed by atoms with Crippen molar-refractivity contribution < 1.29 is 0 Å². The molecule has 0 spiro atoms. The molecule has 1 N–H and O–H groups in total. The van der Waals surface area contributed by atoms with E-state index in [1.807, 2.05) is 19.1 Å². The van der Waals surface area contributed by atoms with Crippen molar-refractivity contribution in [3.63, 3.8) is 0 Å². The standard InChI is InChI=1S/C14H20Cl2N2/c1-9(2)17-11-6-7-18(8-11)14-12(15)5-4-10(3)13(14)16/h4-5,9,11,17H,6-8H2,1-3H3. The predicted molar refractivity (Wildman–Crippen MR) is 80.1 cm³/mol. The van der Waals surface area contributed by atoms with E-state index in [0.29, 0.717) is 12.1 Å². The van der Waals surface area contributed by atoms with Crippen LogP contribution in [-0.4, -0.2) is 25.2 Å². The molecule has 1 aliphatic rings. The lowest BCUT2D eigenvalue weighted by molar-refractivity contribution is 0.492. The largest absolute Gasteiger partial charge is 0.367 e. The summed E-state index contributed by atoms with van der Waals surface area (Å²) < 4.78 is 0. The van der Waals surface area contributed by atoms with Crippen molar-refractivity contribution in [1.29, 1.82) is 0 Å². The Labute approximate surface area is 119 Å². The molecular weight excluding hydrogens is 267 g/mol. The molecule has 1 aliphatic heterocycles. The second-order valence-electron chi connectivity index (χ2n) is 5.28. The Morgan fingerprint density at radius 1 is 1.33 bits per heavy atom. The molecule has 1 saturated heterocycles. The zero-order chi connectivity index (χ0) is 13.3. The maximum atomic E-state index is 6.39. The lowest BCUT2D eigenvalue weighted by Crippen LogP contribution is -2.37. The highest BCUT2D eigenvalue weighted by atomic mass is 35.5. The van der Waals surface area contributed by atoms with E-state index < -0.39 is 0 Å². The minimum absolute atomic E-state index is 0.512. The zero-order valence-corrected chi connectivity index (χ0v) is 12.6. The van der Waals surface area contributed by atoms with Gasteiger partial charge in [-0.1, -0.05) is 43.1 Å². The van der Waals surface area contributed by atoms with Gasteiger partial charge in [-0.05, 0) is 25.0 Å². The van der Waals surface area contributed by atoms with Gasteiger partial charge in [-0.25, -0.2) is 0 Å². The van der Waals surface area contributed by atoms with Crippen LogP contribution >= 0.6 is 23.2 Å². The Balaban J connectivity index is 2.17. The molecule has 2 rings (SSSR count). The minimum Gasteiger partial charge on any atom is -0.367 e. The molecule has 1 unspecified atom stereocenters. The number of halogens is 2. The first-order chi connectivity index (χ1) is 8.49. The van der Waals surface area contributed by atoms with Crippen molar-refractivity contribution in [3.05, 3.63) is 27.7 Å². The molecule has 1 heterocycles. The number of benzene rings is 1. The van der Waals surface area contributed by atoms with E-state index in [4.69, 9.17) is 23.2 Å². The Hall–Kier alpha value is -0.440. The van der Waals surface area contributed by atoms with Crippen molar-refractivity contribution in [2.45, 2.75) is 39.3 Å². The van der Waals surface area contributed by atoms with E-state index in [2.05, 4.69) is 24.1 Å². The molecule has 18 heavy (non-hydrogen) atoms. The molecule has 4 heteroatoms.